The van der Waals surface area contributed by atoms with E-state index in [1.807, 2.05) is 0 Å². The van der Waals surface area contributed by atoms with Crippen molar-refractivity contribution in [1.29, 1.82) is 0 Å². The van der Waals surface area contributed by atoms with E-state index in [9.17, 15) is 12.8 Å². The lowest BCUT2D eigenvalue weighted by atomic mass is 10.2. The molecule has 0 fully saturated rings. The minimum Gasteiger partial charge on any atom is -0.381 e. The van der Waals surface area contributed by atoms with E-state index in [4.69, 9.17) is 11.6 Å². The van der Waals surface area contributed by atoms with Gasteiger partial charge in [-0.15, -0.1) is 0 Å². The summed E-state index contributed by atoms with van der Waals surface area (Å²) in [7, 11) is -3.19. The zero-order chi connectivity index (χ0) is 14.8. The molecule has 0 radical (unpaired) electrons. The lowest BCUT2D eigenvalue weighted by Gasteiger charge is -2.08. The van der Waals surface area contributed by atoms with Gasteiger partial charge in [0.2, 0.25) is 0 Å². The van der Waals surface area contributed by atoms with Gasteiger partial charge in [0.15, 0.2) is 9.84 Å². The highest BCUT2D eigenvalue weighted by atomic mass is 35.5. The summed E-state index contributed by atoms with van der Waals surface area (Å²) in [6.45, 7) is 0.399. The Hall–Kier alpha value is -1.59. The molecule has 0 spiro atoms. The average Bonchev–Trinajstić information content (AvgIpc) is 2.35. The van der Waals surface area contributed by atoms with Gasteiger partial charge in [-0.3, -0.25) is 0 Å². The summed E-state index contributed by atoms with van der Waals surface area (Å²) in [4.78, 5) is 0.261. The molecular weight excluding hydrogens is 301 g/mol. The topological polar surface area (TPSA) is 46.2 Å². The van der Waals surface area contributed by atoms with Crippen molar-refractivity contribution < 1.29 is 12.8 Å². The van der Waals surface area contributed by atoms with Crippen LogP contribution in [0.5, 0.6) is 0 Å². The molecule has 0 bridgehead atoms. The van der Waals surface area contributed by atoms with Gasteiger partial charge in [-0.25, -0.2) is 12.8 Å². The maximum Gasteiger partial charge on any atom is 0.175 e. The van der Waals surface area contributed by atoms with Gasteiger partial charge in [0, 0.05) is 23.5 Å². The van der Waals surface area contributed by atoms with Crippen LogP contribution in [0.15, 0.2) is 47.4 Å². The van der Waals surface area contributed by atoms with Gasteiger partial charge in [-0.2, -0.15) is 0 Å². The Bertz CT molecular complexity index is 694. The van der Waals surface area contributed by atoms with Crippen LogP contribution in [0.2, 0.25) is 5.02 Å². The van der Waals surface area contributed by atoms with Crippen molar-refractivity contribution in [1.82, 2.24) is 0 Å². The number of anilines is 1. The standard InChI is InChI=1S/C14H13ClFNO2S/c1-20(18,19)14-4-2-13(3-5-14)17-9-10-6-11(15)8-12(16)7-10/h2-8,17H,9H2,1H3. The first kappa shape index (κ1) is 14.8. The van der Waals surface area contributed by atoms with Crippen LogP contribution in [-0.2, 0) is 16.4 Å². The van der Waals surface area contributed by atoms with E-state index in [-0.39, 0.29) is 10.7 Å². The molecule has 0 atom stereocenters. The molecule has 0 aliphatic heterocycles. The van der Waals surface area contributed by atoms with Crippen LogP contribution in [0.3, 0.4) is 0 Å². The molecule has 0 aliphatic carbocycles. The van der Waals surface area contributed by atoms with Crippen molar-refractivity contribution in [2.45, 2.75) is 11.4 Å². The van der Waals surface area contributed by atoms with Crippen LogP contribution in [0.1, 0.15) is 5.56 Å². The predicted molar refractivity (Wildman–Crippen MR) is 78.3 cm³/mol. The largest absolute Gasteiger partial charge is 0.381 e. The van der Waals surface area contributed by atoms with Crippen molar-refractivity contribution in [2.24, 2.45) is 0 Å². The molecule has 0 unspecified atom stereocenters. The van der Waals surface area contributed by atoms with Crippen molar-refractivity contribution in [3.05, 3.63) is 58.9 Å². The van der Waals surface area contributed by atoms with E-state index in [2.05, 4.69) is 5.32 Å². The smallest absolute Gasteiger partial charge is 0.175 e. The van der Waals surface area contributed by atoms with Gasteiger partial charge in [0.25, 0.3) is 0 Å². The van der Waals surface area contributed by atoms with Gasteiger partial charge >= 0.3 is 0 Å². The van der Waals surface area contributed by atoms with E-state index < -0.39 is 9.84 Å². The highest BCUT2D eigenvalue weighted by Gasteiger charge is 2.06. The predicted octanol–water partition coefficient (Wildman–Crippen LogP) is 3.49. The van der Waals surface area contributed by atoms with Crippen LogP contribution in [0, 0.1) is 5.82 Å². The van der Waals surface area contributed by atoms with E-state index >= 15 is 0 Å². The van der Waals surface area contributed by atoms with Crippen LogP contribution in [-0.4, -0.2) is 14.7 Å². The summed E-state index contributed by atoms with van der Waals surface area (Å²) in [6.07, 6.45) is 1.16. The van der Waals surface area contributed by atoms with Gasteiger partial charge < -0.3 is 5.32 Å². The monoisotopic (exact) mass is 313 g/mol. The minimum atomic E-state index is -3.19. The van der Waals surface area contributed by atoms with Crippen LogP contribution < -0.4 is 5.32 Å². The third kappa shape index (κ3) is 3.95. The number of nitrogens with one attached hydrogen (secondary N) is 1. The summed E-state index contributed by atoms with van der Waals surface area (Å²) < 4.78 is 35.8. The van der Waals surface area contributed by atoms with Crippen LogP contribution in [0.4, 0.5) is 10.1 Å². The number of sulfone groups is 1. The molecule has 106 valence electrons. The second kappa shape index (κ2) is 5.81. The zero-order valence-corrected chi connectivity index (χ0v) is 12.3. The van der Waals surface area contributed by atoms with Crippen molar-refractivity contribution in [3.63, 3.8) is 0 Å². The fourth-order valence-corrected chi connectivity index (χ4v) is 2.61. The Morgan fingerprint density at radius 2 is 1.80 bits per heavy atom. The number of hydrogen-bond donors (Lipinski definition) is 1. The van der Waals surface area contributed by atoms with Gasteiger partial charge in [-0.05, 0) is 48.0 Å². The summed E-state index contributed by atoms with van der Waals surface area (Å²) in [5.74, 6) is -0.387. The molecule has 2 aromatic carbocycles. The molecule has 6 heteroatoms. The molecule has 2 rings (SSSR count). The first-order valence-electron chi connectivity index (χ1n) is 5.83. The first-order chi connectivity index (χ1) is 9.34. The van der Waals surface area contributed by atoms with E-state index in [0.29, 0.717) is 17.1 Å². The molecule has 3 nitrogen and oxygen atoms in total. The fourth-order valence-electron chi connectivity index (χ4n) is 1.74. The number of rotatable bonds is 4. The van der Waals surface area contributed by atoms with Crippen molar-refractivity contribution >= 4 is 27.1 Å². The summed E-state index contributed by atoms with van der Waals surface area (Å²) in [6, 6.07) is 10.7. The highest BCUT2D eigenvalue weighted by molar-refractivity contribution is 7.90. The maximum atomic E-state index is 13.2. The SMILES string of the molecule is CS(=O)(=O)c1ccc(NCc2cc(F)cc(Cl)c2)cc1. The Labute approximate surface area is 122 Å². The lowest BCUT2D eigenvalue weighted by Crippen LogP contribution is -2.01. The van der Waals surface area contributed by atoms with Gasteiger partial charge in [0.05, 0.1) is 4.90 Å². The van der Waals surface area contributed by atoms with E-state index in [0.717, 1.165) is 11.9 Å². The average molecular weight is 314 g/mol. The Balaban J connectivity index is 2.07. The maximum absolute atomic E-state index is 13.2. The third-order valence-electron chi connectivity index (χ3n) is 2.70. The summed E-state index contributed by atoms with van der Waals surface area (Å²) in [5.41, 5.74) is 1.46. The van der Waals surface area contributed by atoms with Gasteiger partial charge in [-0.1, -0.05) is 11.6 Å². The van der Waals surface area contributed by atoms with Crippen molar-refractivity contribution in [3.8, 4) is 0 Å². The molecule has 0 aromatic heterocycles. The lowest BCUT2D eigenvalue weighted by molar-refractivity contribution is 0.602. The second-order valence-corrected chi connectivity index (χ2v) is 6.88. The number of halogens is 2. The highest BCUT2D eigenvalue weighted by Crippen LogP contribution is 2.17. The molecule has 0 saturated heterocycles. The zero-order valence-electron chi connectivity index (χ0n) is 10.7. The molecule has 2 aromatic rings. The van der Waals surface area contributed by atoms with E-state index in [1.54, 1.807) is 18.2 Å². The summed E-state index contributed by atoms with van der Waals surface area (Å²) in [5, 5.41) is 3.42. The summed E-state index contributed by atoms with van der Waals surface area (Å²) >= 11 is 5.77. The molecule has 0 amide bonds. The van der Waals surface area contributed by atoms with E-state index in [1.165, 1.54) is 24.3 Å². The molecule has 0 aliphatic rings. The number of hydrogen-bond acceptors (Lipinski definition) is 3. The molecule has 20 heavy (non-hydrogen) atoms. The Kier molecular flexibility index (Phi) is 4.30. The molecular formula is C14H13ClFNO2S. The molecule has 0 saturated carbocycles. The Morgan fingerprint density at radius 3 is 2.35 bits per heavy atom. The normalized spacial score (nSPS) is 11.3. The third-order valence-corrected chi connectivity index (χ3v) is 4.05. The van der Waals surface area contributed by atoms with Crippen LogP contribution >= 0.6 is 11.6 Å². The minimum absolute atomic E-state index is 0.261. The fraction of sp³-hybridized carbons (Fsp3) is 0.143. The second-order valence-electron chi connectivity index (χ2n) is 4.43. The quantitative estimate of drug-likeness (QED) is 0.939. The van der Waals surface area contributed by atoms with Crippen molar-refractivity contribution in [2.75, 3.05) is 11.6 Å². The molecule has 1 N–H and O–H groups in total. The van der Waals surface area contributed by atoms with Crippen LogP contribution in [0.25, 0.3) is 0 Å². The first-order valence-corrected chi connectivity index (χ1v) is 8.10. The Morgan fingerprint density at radius 1 is 1.15 bits per heavy atom. The van der Waals surface area contributed by atoms with Gasteiger partial charge in [0.1, 0.15) is 5.82 Å². The number of benzene rings is 2. The molecule has 0 heterocycles.